The zero-order valence-electron chi connectivity index (χ0n) is 10.2. The number of nitrogen functional groups attached to an aromatic ring is 1. The number of anilines is 1. The van der Waals surface area contributed by atoms with Crippen LogP contribution in [0.3, 0.4) is 0 Å². The van der Waals surface area contributed by atoms with E-state index in [2.05, 4.69) is 9.84 Å². The summed E-state index contributed by atoms with van der Waals surface area (Å²) in [4.78, 5) is 22.7. The molecule has 0 atom stereocenters. The number of benzene rings is 1. The van der Waals surface area contributed by atoms with Crippen LogP contribution in [0.5, 0.6) is 0 Å². The van der Waals surface area contributed by atoms with Gasteiger partial charge in [-0.25, -0.2) is 9.48 Å². The van der Waals surface area contributed by atoms with Crippen LogP contribution in [0.4, 0.5) is 5.69 Å². The number of aromatic nitrogens is 2. The highest BCUT2D eigenvalue weighted by Crippen LogP contribution is 2.22. The molecule has 98 valence electrons. The number of hydrogen-bond donors (Lipinski definition) is 2. The number of esters is 1. The van der Waals surface area contributed by atoms with E-state index in [9.17, 15) is 9.59 Å². The number of para-hydroxylation sites is 1. The van der Waals surface area contributed by atoms with Crippen LogP contribution in [-0.2, 0) is 4.74 Å². The van der Waals surface area contributed by atoms with E-state index in [1.165, 1.54) is 24.1 Å². The second kappa shape index (κ2) is 4.81. The van der Waals surface area contributed by atoms with E-state index in [0.717, 1.165) is 0 Å². The van der Waals surface area contributed by atoms with Gasteiger partial charge in [0.25, 0.3) is 5.91 Å². The van der Waals surface area contributed by atoms with Gasteiger partial charge in [0.2, 0.25) is 0 Å². The summed E-state index contributed by atoms with van der Waals surface area (Å²) in [7, 11) is 1.27. The Labute approximate surface area is 108 Å². The quantitative estimate of drug-likeness (QED) is 0.610. The number of primary amides is 1. The predicted molar refractivity (Wildman–Crippen MR) is 67.8 cm³/mol. The summed E-state index contributed by atoms with van der Waals surface area (Å²) in [6.45, 7) is 0. The van der Waals surface area contributed by atoms with Gasteiger partial charge in [-0.05, 0) is 18.2 Å². The third-order valence-electron chi connectivity index (χ3n) is 2.54. The molecule has 0 aliphatic heterocycles. The van der Waals surface area contributed by atoms with Gasteiger partial charge in [0.1, 0.15) is 11.4 Å². The molecule has 0 aliphatic carbocycles. The van der Waals surface area contributed by atoms with Gasteiger partial charge in [-0.15, -0.1) is 0 Å². The number of hydrogen-bond acceptors (Lipinski definition) is 5. The Hall–Kier alpha value is -2.83. The van der Waals surface area contributed by atoms with E-state index in [1.807, 2.05) is 0 Å². The number of nitrogens with two attached hydrogens (primary N) is 2. The summed E-state index contributed by atoms with van der Waals surface area (Å²) in [5.41, 5.74) is 12.0. The first-order valence-corrected chi connectivity index (χ1v) is 5.37. The van der Waals surface area contributed by atoms with Crippen molar-refractivity contribution in [3.63, 3.8) is 0 Å². The average molecular weight is 260 g/mol. The molecule has 0 spiro atoms. The minimum absolute atomic E-state index is 0.0825. The van der Waals surface area contributed by atoms with Crippen molar-refractivity contribution in [2.45, 2.75) is 0 Å². The lowest BCUT2D eigenvalue weighted by molar-refractivity contribution is 0.0600. The molecule has 4 N–H and O–H groups in total. The maximum atomic E-state index is 11.7. The summed E-state index contributed by atoms with van der Waals surface area (Å²) in [6.07, 6.45) is 1.50. The van der Waals surface area contributed by atoms with Crippen LogP contribution < -0.4 is 11.5 Å². The number of amides is 1. The number of ether oxygens (including phenoxy) is 1. The third-order valence-corrected chi connectivity index (χ3v) is 2.54. The van der Waals surface area contributed by atoms with Crippen LogP contribution in [0, 0.1) is 0 Å². The lowest BCUT2D eigenvalue weighted by Gasteiger charge is -2.10. The first-order chi connectivity index (χ1) is 9.04. The highest BCUT2D eigenvalue weighted by Gasteiger charge is 2.17. The van der Waals surface area contributed by atoms with Gasteiger partial charge in [-0.3, -0.25) is 4.79 Å². The third kappa shape index (κ3) is 2.25. The molecule has 19 heavy (non-hydrogen) atoms. The normalized spacial score (nSPS) is 10.2. The Balaban J connectivity index is 2.59. The van der Waals surface area contributed by atoms with Crippen LogP contribution in [0.15, 0.2) is 30.5 Å². The molecule has 1 heterocycles. The second-order valence-electron chi connectivity index (χ2n) is 3.74. The van der Waals surface area contributed by atoms with E-state index < -0.39 is 11.9 Å². The van der Waals surface area contributed by atoms with Crippen molar-refractivity contribution in [3.05, 3.63) is 41.7 Å². The lowest BCUT2D eigenvalue weighted by atomic mass is 10.1. The van der Waals surface area contributed by atoms with E-state index >= 15 is 0 Å². The molecule has 1 aromatic carbocycles. The van der Waals surface area contributed by atoms with Gasteiger partial charge in [-0.2, -0.15) is 5.10 Å². The van der Waals surface area contributed by atoms with E-state index in [1.54, 1.807) is 18.2 Å². The van der Waals surface area contributed by atoms with E-state index in [0.29, 0.717) is 11.4 Å². The summed E-state index contributed by atoms with van der Waals surface area (Å²) in [5, 5.41) is 3.97. The van der Waals surface area contributed by atoms with Gasteiger partial charge >= 0.3 is 5.97 Å². The standard InChI is InChI=1S/C12H12N4O3/c1-19-12(18)7-3-2-4-8(13)10(7)16-6-5-9(15-16)11(14)17/h2-6H,13H2,1H3,(H2,14,17). The molecule has 0 saturated heterocycles. The molecule has 0 aliphatic rings. The van der Waals surface area contributed by atoms with Gasteiger partial charge < -0.3 is 16.2 Å². The monoisotopic (exact) mass is 260 g/mol. The molecule has 1 amide bonds. The fraction of sp³-hybridized carbons (Fsp3) is 0.0833. The maximum absolute atomic E-state index is 11.7. The molecule has 7 heteroatoms. The first-order valence-electron chi connectivity index (χ1n) is 5.37. The largest absolute Gasteiger partial charge is 0.465 e. The van der Waals surface area contributed by atoms with Gasteiger partial charge in [0.05, 0.1) is 18.4 Å². The Kier molecular flexibility index (Phi) is 3.19. The SMILES string of the molecule is COC(=O)c1cccc(N)c1-n1ccc(C(N)=O)n1. The number of carbonyl (C=O) groups is 2. The first kappa shape index (κ1) is 12.6. The summed E-state index contributed by atoms with van der Waals surface area (Å²) >= 11 is 0. The Morgan fingerprint density at radius 2 is 2.05 bits per heavy atom. The molecule has 0 bridgehead atoms. The zero-order valence-corrected chi connectivity index (χ0v) is 10.2. The number of methoxy groups -OCH3 is 1. The molecule has 0 fully saturated rings. The molecule has 2 aromatic rings. The van der Waals surface area contributed by atoms with Crippen molar-refractivity contribution < 1.29 is 14.3 Å². The Morgan fingerprint density at radius 3 is 2.63 bits per heavy atom. The fourth-order valence-corrected chi connectivity index (χ4v) is 1.67. The molecular weight excluding hydrogens is 248 g/mol. The van der Waals surface area contributed by atoms with E-state index in [4.69, 9.17) is 11.5 Å². The van der Waals surface area contributed by atoms with Crippen LogP contribution in [0.25, 0.3) is 5.69 Å². The van der Waals surface area contributed by atoms with Crippen LogP contribution in [0.2, 0.25) is 0 Å². The molecule has 0 saturated carbocycles. The number of rotatable bonds is 3. The smallest absolute Gasteiger partial charge is 0.340 e. The maximum Gasteiger partial charge on any atom is 0.340 e. The summed E-state index contributed by atoms with van der Waals surface area (Å²) < 4.78 is 6.00. The van der Waals surface area contributed by atoms with Crippen LogP contribution in [-0.4, -0.2) is 28.8 Å². The summed E-state index contributed by atoms with van der Waals surface area (Å²) in [5.74, 6) is -1.20. The Morgan fingerprint density at radius 1 is 1.32 bits per heavy atom. The molecular formula is C12H12N4O3. The van der Waals surface area contributed by atoms with E-state index in [-0.39, 0.29) is 11.3 Å². The van der Waals surface area contributed by atoms with Gasteiger partial charge in [-0.1, -0.05) is 6.07 Å². The predicted octanol–water partition coefficient (Wildman–Crippen LogP) is 0.340. The van der Waals surface area contributed by atoms with Crippen molar-refractivity contribution >= 4 is 17.6 Å². The topological polar surface area (TPSA) is 113 Å². The van der Waals surface area contributed by atoms with Crippen molar-refractivity contribution in [2.24, 2.45) is 5.73 Å². The molecule has 1 aromatic heterocycles. The van der Waals surface area contributed by atoms with Crippen molar-refractivity contribution in [3.8, 4) is 5.69 Å². The second-order valence-corrected chi connectivity index (χ2v) is 3.74. The average Bonchev–Trinajstić information content (AvgIpc) is 2.87. The molecule has 7 nitrogen and oxygen atoms in total. The highest BCUT2D eigenvalue weighted by atomic mass is 16.5. The molecule has 0 unspecified atom stereocenters. The Bertz CT molecular complexity index is 648. The molecule has 2 rings (SSSR count). The van der Waals surface area contributed by atoms with Gasteiger partial charge in [0.15, 0.2) is 0 Å². The van der Waals surface area contributed by atoms with Gasteiger partial charge in [0, 0.05) is 6.20 Å². The molecule has 0 radical (unpaired) electrons. The van der Waals surface area contributed by atoms with Crippen molar-refractivity contribution in [1.29, 1.82) is 0 Å². The highest BCUT2D eigenvalue weighted by molar-refractivity contribution is 5.96. The minimum atomic E-state index is -0.659. The van der Waals surface area contributed by atoms with Crippen LogP contribution in [0.1, 0.15) is 20.8 Å². The van der Waals surface area contributed by atoms with Crippen molar-refractivity contribution in [1.82, 2.24) is 9.78 Å². The minimum Gasteiger partial charge on any atom is -0.465 e. The van der Waals surface area contributed by atoms with Crippen molar-refractivity contribution in [2.75, 3.05) is 12.8 Å². The lowest BCUT2D eigenvalue weighted by Crippen LogP contribution is -2.14. The van der Waals surface area contributed by atoms with Crippen LogP contribution >= 0.6 is 0 Å². The zero-order chi connectivity index (χ0) is 14.0. The summed E-state index contributed by atoms with van der Waals surface area (Å²) in [6, 6.07) is 6.25. The number of carbonyl (C=O) groups excluding carboxylic acids is 2. The number of nitrogens with zero attached hydrogens (tertiary/aromatic N) is 2. The fourth-order valence-electron chi connectivity index (χ4n) is 1.67.